The molecule has 0 aliphatic heterocycles. The van der Waals surface area contributed by atoms with E-state index in [0.29, 0.717) is 6.42 Å². The van der Waals surface area contributed by atoms with Crippen molar-refractivity contribution in [3.8, 4) is 11.8 Å². The van der Waals surface area contributed by atoms with Gasteiger partial charge in [-0.1, -0.05) is 19.8 Å². The van der Waals surface area contributed by atoms with E-state index in [2.05, 4.69) is 11.8 Å². The van der Waals surface area contributed by atoms with Gasteiger partial charge < -0.3 is 0 Å². The van der Waals surface area contributed by atoms with Crippen molar-refractivity contribution in [1.82, 2.24) is 0 Å². The predicted molar refractivity (Wildman–Crippen MR) is 42.7 cm³/mol. The summed E-state index contributed by atoms with van der Waals surface area (Å²) in [4.78, 5) is 10.5. The third-order valence-electron chi connectivity index (χ3n) is 1.14. The molecule has 1 unspecified atom stereocenters. The fourth-order valence-corrected chi connectivity index (χ4v) is 0.753. The molecular weight excluding hydrogens is 148 g/mol. The van der Waals surface area contributed by atoms with Gasteiger partial charge in [0.15, 0.2) is 0 Å². The smallest absolute Gasteiger partial charge is 0.236 e. The second-order valence-electron chi connectivity index (χ2n) is 1.94. The molecule has 0 spiro atoms. The number of rotatable bonds is 2. The van der Waals surface area contributed by atoms with Gasteiger partial charge in [0.25, 0.3) is 0 Å². The van der Waals surface area contributed by atoms with Crippen molar-refractivity contribution in [3.05, 3.63) is 0 Å². The molecule has 0 rings (SSSR count). The Hall–Kier alpha value is -0.480. The first kappa shape index (κ1) is 9.52. The van der Waals surface area contributed by atoms with Crippen molar-refractivity contribution in [2.24, 2.45) is 5.92 Å². The lowest BCUT2D eigenvalue weighted by Crippen LogP contribution is -2.03. The maximum atomic E-state index is 10.5. The van der Waals surface area contributed by atoms with Gasteiger partial charge in [-0.3, -0.25) is 4.79 Å². The average Bonchev–Trinajstić information content (AvgIpc) is 1.89. The highest BCUT2D eigenvalue weighted by Gasteiger charge is 2.08. The largest absolute Gasteiger partial charge is 0.280 e. The molecule has 0 aromatic heterocycles. The zero-order chi connectivity index (χ0) is 7.98. The van der Waals surface area contributed by atoms with E-state index in [4.69, 9.17) is 11.6 Å². The zero-order valence-electron chi connectivity index (χ0n) is 6.28. The number of carbonyl (C=O) groups excluding carboxylic acids is 1. The third kappa shape index (κ3) is 3.53. The lowest BCUT2D eigenvalue weighted by Gasteiger charge is -1.97. The van der Waals surface area contributed by atoms with Crippen molar-refractivity contribution in [2.75, 3.05) is 0 Å². The maximum absolute atomic E-state index is 10.5. The quantitative estimate of drug-likeness (QED) is 0.445. The van der Waals surface area contributed by atoms with Crippen molar-refractivity contribution in [3.63, 3.8) is 0 Å². The molecule has 0 aromatic carbocycles. The molecule has 0 aliphatic rings. The topological polar surface area (TPSA) is 17.1 Å². The van der Waals surface area contributed by atoms with Gasteiger partial charge in [0, 0.05) is 6.42 Å². The van der Waals surface area contributed by atoms with Gasteiger partial charge in [0.1, 0.15) is 0 Å². The Morgan fingerprint density at radius 1 is 1.60 bits per heavy atom. The normalized spacial score (nSPS) is 11.5. The Labute approximate surface area is 66.8 Å². The second kappa shape index (κ2) is 5.32. The van der Waals surface area contributed by atoms with Gasteiger partial charge in [-0.15, -0.1) is 5.92 Å². The van der Waals surface area contributed by atoms with E-state index >= 15 is 0 Å². The van der Waals surface area contributed by atoms with Gasteiger partial charge in [0.2, 0.25) is 5.24 Å². The molecule has 0 heterocycles. The van der Waals surface area contributed by atoms with Gasteiger partial charge in [0.05, 0.1) is 5.92 Å². The van der Waals surface area contributed by atoms with Crippen LogP contribution in [0.1, 0.15) is 26.7 Å². The van der Waals surface area contributed by atoms with Crippen LogP contribution in [0.15, 0.2) is 0 Å². The molecule has 1 nitrogen and oxygen atoms in total. The van der Waals surface area contributed by atoms with Crippen LogP contribution in [0.25, 0.3) is 0 Å². The summed E-state index contributed by atoms with van der Waals surface area (Å²) in [6, 6.07) is 0. The lowest BCUT2D eigenvalue weighted by molar-refractivity contribution is -0.113. The number of carbonyl (C=O) groups is 1. The van der Waals surface area contributed by atoms with Gasteiger partial charge in [-0.25, -0.2) is 0 Å². The van der Waals surface area contributed by atoms with Crippen LogP contribution in [0, 0.1) is 17.8 Å². The van der Waals surface area contributed by atoms with E-state index in [1.54, 1.807) is 0 Å². The molecular formula is C8H11ClO. The summed E-state index contributed by atoms with van der Waals surface area (Å²) in [5, 5.41) is -0.344. The summed E-state index contributed by atoms with van der Waals surface area (Å²) >= 11 is 5.24. The zero-order valence-corrected chi connectivity index (χ0v) is 7.03. The number of hydrogen-bond donors (Lipinski definition) is 0. The van der Waals surface area contributed by atoms with Crippen molar-refractivity contribution >= 4 is 16.8 Å². The van der Waals surface area contributed by atoms with Gasteiger partial charge >= 0.3 is 0 Å². The minimum atomic E-state index is -0.344. The first-order valence-electron chi connectivity index (χ1n) is 3.40. The standard InChI is InChI=1S/C8H11ClO/c1-3-5-6-7(4-2)8(9)10/h7H,3-4H2,1-2H3. The highest BCUT2D eigenvalue weighted by molar-refractivity contribution is 6.64. The maximum Gasteiger partial charge on any atom is 0.236 e. The van der Waals surface area contributed by atoms with Gasteiger partial charge in [-0.05, 0) is 18.0 Å². The second-order valence-corrected chi connectivity index (χ2v) is 2.31. The predicted octanol–water partition coefficient (Wildman–Crippen LogP) is 2.19. The van der Waals surface area contributed by atoms with E-state index < -0.39 is 0 Å². The van der Waals surface area contributed by atoms with Crippen LogP contribution in [0.2, 0.25) is 0 Å². The fraction of sp³-hybridized carbons (Fsp3) is 0.625. The Balaban J connectivity index is 3.95. The Morgan fingerprint density at radius 2 is 2.20 bits per heavy atom. The van der Waals surface area contributed by atoms with Crippen molar-refractivity contribution in [1.29, 1.82) is 0 Å². The van der Waals surface area contributed by atoms with E-state index in [0.717, 1.165) is 6.42 Å². The summed E-state index contributed by atoms with van der Waals surface area (Å²) < 4.78 is 0. The number of halogens is 1. The molecule has 0 amide bonds. The van der Waals surface area contributed by atoms with Crippen LogP contribution in [-0.4, -0.2) is 5.24 Å². The van der Waals surface area contributed by atoms with E-state index in [1.807, 2.05) is 13.8 Å². The van der Waals surface area contributed by atoms with Crippen LogP contribution in [-0.2, 0) is 4.79 Å². The first-order valence-corrected chi connectivity index (χ1v) is 3.77. The van der Waals surface area contributed by atoms with Crippen LogP contribution in [0.3, 0.4) is 0 Å². The van der Waals surface area contributed by atoms with Crippen molar-refractivity contribution in [2.45, 2.75) is 26.7 Å². The van der Waals surface area contributed by atoms with Crippen molar-refractivity contribution < 1.29 is 4.79 Å². The molecule has 0 aliphatic carbocycles. The molecule has 56 valence electrons. The summed E-state index contributed by atoms with van der Waals surface area (Å²) in [6.45, 7) is 3.84. The SMILES string of the molecule is CCC#CC(CC)C(=O)Cl. The molecule has 0 N–H and O–H groups in total. The highest BCUT2D eigenvalue weighted by Crippen LogP contribution is 2.04. The monoisotopic (exact) mass is 158 g/mol. The molecule has 1 atom stereocenters. The molecule has 10 heavy (non-hydrogen) atoms. The average molecular weight is 159 g/mol. The molecule has 0 saturated heterocycles. The Kier molecular flexibility index (Phi) is 5.06. The molecule has 2 heteroatoms. The third-order valence-corrected chi connectivity index (χ3v) is 1.40. The van der Waals surface area contributed by atoms with Crippen LogP contribution in [0.4, 0.5) is 0 Å². The van der Waals surface area contributed by atoms with Crippen LogP contribution < -0.4 is 0 Å². The highest BCUT2D eigenvalue weighted by atomic mass is 35.5. The van der Waals surface area contributed by atoms with E-state index in [-0.39, 0.29) is 11.2 Å². The Morgan fingerprint density at radius 3 is 2.50 bits per heavy atom. The van der Waals surface area contributed by atoms with Crippen LogP contribution >= 0.6 is 11.6 Å². The summed E-state index contributed by atoms with van der Waals surface area (Å²) in [7, 11) is 0. The molecule has 0 saturated carbocycles. The minimum Gasteiger partial charge on any atom is -0.280 e. The first-order chi connectivity index (χ1) is 4.72. The fourth-order valence-electron chi connectivity index (χ4n) is 0.545. The van der Waals surface area contributed by atoms with Gasteiger partial charge in [-0.2, -0.15) is 0 Å². The van der Waals surface area contributed by atoms with Crippen LogP contribution in [0.5, 0.6) is 0 Å². The summed E-state index contributed by atoms with van der Waals surface area (Å²) in [5.74, 6) is 5.35. The summed E-state index contributed by atoms with van der Waals surface area (Å²) in [6.07, 6.45) is 1.48. The van der Waals surface area contributed by atoms with E-state index in [9.17, 15) is 4.79 Å². The molecule has 0 radical (unpaired) electrons. The molecule has 0 fully saturated rings. The summed E-state index contributed by atoms with van der Waals surface area (Å²) in [5.41, 5.74) is 0. The minimum absolute atomic E-state index is 0.262. The lowest BCUT2D eigenvalue weighted by atomic mass is 10.1. The number of hydrogen-bond acceptors (Lipinski definition) is 1. The van der Waals surface area contributed by atoms with E-state index in [1.165, 1.54) is 0 Å². The Bertz CT molecular complexity index is 164. The molecule has 0 aromatic rings. The molecule has 0 bridgehead atoms.